The van der Waals surface area contributed by atoms with Gasteiger partial charge in [0.2, 0.25) is 0 Å². The van der Waals surface area contributed by atoms with Crippen LogP contribution in [0.15, 0.2) is 59.9 Å². The Hall–Kier alpha value is -2.29. The smallest absolute Gasteiger partial charge is 0.127 e. The molecular weight excluding hydrogens is 234 g/mol. The number of hydrogen-bond acceptors (Lipinski definition) is 1. The standard InChI is InChI=1S/C16H17N3/c1-19-11-5-4-8-16(19)17-10-9-13-12-18-15-7-3-2-6-14(13)15/h2-8,11-12,18H,9-10H2,1H3. The van der Waals surface area contributed by atoms with E-state index in [9.17, 15) is 0 Å². The molecule has 0 aliphatic carbocycles. The molecule has 1 aromatic carbocycles. The Morgan fingerprint density at radius 2 is 1.95 bits per heavy atom. The fraction of sp³-hybridized carbons (Fsp3) is 0.188. The number of benzene rings is 1. The van der Waals surface area contributed by atoms with Crippen molar-refractivity contribution in [3.63, 3.8) is 0 Å². The second-order valence-electron chi connectivity index (χ2n) is 4.66. The summed E-state index contributed by atoms with van der Waals surface area (Å²) in [6.45, 7) is 0.805. The van der Waals surface area contributed by atoms with Gasteiger partial charge in [0.25, 0.3) is 0 Å². The van der Waals surface area contributed by atoms with E-state index in [1.807, 2.05) is 36.0 Å². The van der Waals surface area contributed by atoms with Crippen LogP contribution in [0.3, 0.4) is 0 Å². The summed E-state index contributed by atoms with van der Waals surface area (Å²) >= 11 is 0. The van der Waals surface area contributed by atoms with Gasteiger partial charge in [-0.15, -0.1) is 0 Å². The molecule has 3 rings (SSSR count). The van der Waals surface area contributed by atoms with Crippen molar-refractivity contribution in [3.05, 3.63) is 65.9 Å². The molecule has 1 N–H and O–H groups in total. The first-order valence-electron chi connectivity index (χ1n) is 6.52. The number of aromatic nitrogens is 2. The van der Waals surface area contributed by atoms with Crippen molar-refractivity contribution in [1.82, 2.24) is 9.55 Å². The Bertz CT molecular complexity index is 750. The maximum Gasteiger partial charge on any atom is 0.127 e. The van der Waals surface area contributed by atoms with Crippen LogP contribution in [-0.4, -0.2) is 16.1 Å². The molecule has 0 fully saturated rings. The fourth-order valence-corrected chi connectivity index (χ4v) is 2.31. The summed E-state index contributed by atoms with van der Waals surface area (Å²) in [5, 5.41) is 1.30. The Morgan fingerprint density at radius 3 is 2.84 bits per heavy atom. The van der Waals surface area contributed by atoms with E-state index in [0.29, 0.717) is 0 Å². The van der Waals surface area contributed by atoms with Crippen molar-refractivity contribution in [2.75, 3.05) is 6.54 Å². The van der Waals surface area contributed by atoms with Gasteiger partial charge in [-0.05, 0) is 30.2 Å². The average molecular weight is 251 g/mol. The van der Waals surface area contributed by atoms with Crippen LogP contribution in [0.4, 0.5) is 0 Å². The highest BCUT2D eigenvalue weighted by Crippen LogP contribution is 2.17. The van der Waals surface area contributed by atoms with Crippen LogP contribution >= 0.6 is 0 Å². The maximum absolute atomic E-state index is 4.64. The number of rotatable bonds is 3. The lowest BCUT2D eigenvalue weighted by Crippen LogP contribution is -2.16. The van der Waals surface area contributed by atoms with Crippen LogP contribution in [0.5, 0.6) is 0 Å². The topological polar surface area (TPSA) is 33.1 Å². The molecule has 0 saturated heterocycles. The number of fused-ring (bicyclic) bond motifs is 1. The SMILES string of the molecule is Cn1ccccc1=NCCc1c[nH]c2ccccc12. The van der Waals surface area contributed by atoms with E-state index >= 15 is 0 Å². The Morgan fingerprint density at radius 1 is 1.11 bits per heavy atom. The average Bonchev–Trinajstić information content (AvgIpc) is 2.85. The molecule has 0 aliphatic rings. The predicted octanol–water partition coefficient (Wildman–Crippen LogP) is 2.65. The number of aromatic amines is 1. The van der Waals surface area contributed by atoms with E-state index in [2.05, 4.69) is 40.4 Å². The van der Waals surface area contributed by atoms with E-state index in [1.54, 1.807) is 0 Å². The van der Waals surface area contributed by atoms with Crippen molar-refractivity contribution >= 4 is 10.9 Å². The van der Waals surface area contributed by atoms with Gasteiger partial charge in [-0.1, -0.05) is 24.3 Å². The summed E-state index contributed by atoms with van der Waals surface area (Å²) in [4.78, 5) is 7.94. The molecule has 2 heterocycles. The van der Waals surface area contributed by atoms with Crippen LogP contribution in [0.2, 0.25) is 0 Å². The maximum atomic E-state index is 4.64. The molecule has 0 spiro atoms. The molecule has 3 nitrogen and oxygen atoms in total. The summed E-state index contributed by atoms with van der Waals surface area (Å²) in [6, 6.07) is 14.5. The number of hydrogen-bond donors (Lipinski definition) is 1. The van der Waals surface area contributed by atoms with Gasteiger partial charge in [0.05, 0.1) is 0 Å². The summed E-state index contributed by atoms with van der Waals surface area (Å²) in [6.07, 6.45) is 5.06. The predicted molar refractivity (Wildman–Crippen MR) is 77.8 cm³/mol. The molecule has 96 valence electrons. The van der Waals surface area contributed by atoms with Gasteiger partial charge in [-0.3, -0.25) is 4.99 Å². The van der Waals surface area contributed by atoms with Gasteiger partial charge in [0.1, 0.15) is 5.49 Å². The van der Waals surface area contributed by atoms with Crippen LogP contribution in [0, 0.1) is 0 Å². The number of H-pyrrole nitrogens is 1. The second kappa shape index (κ2) is 5.14. The van der Waals surface area contributed by atoms with E-state index in [0.717, 1.165) is 18.5 Å². The number of aryl methyl sites for hydroxylation is 1. The van der Waals surface area contributed by atoms with E-state index in [1.165, 1.54) is 16.5 Å². The highest BCUT2D eigenvalue weighted by Gasteiger charge is 2.01. The summed E-state index contributed by atoms with van der Waals surface area (Å²) < 4.78 is 2.04. The molecule has 0 amide bonds. The molecule has 3 aromatic rings. The number of pyridine rings is 1. The van der Waals surface area contributed by atoms with Gasteiger partial charge in [-0.25, -0.2) is 0 Å². The molecule has 0 unspecified atom stereocenters. The van der Waals surface area contributed by atoms with Gasteiger partial charge in [0, 0.05) is 36.9 Å². The van der Waals surface area contributed by atoms with E-state index < -0.39 is 0 Å². The first-order valence-corrected chi connectivity index (χ1v) is 6.52. The zero-order valence-electron chi connectivity index (χ0n) is 11.0. The first-order chi connectivity index (χ1) is 9.34. The lowest BCUT2D eigenvalue weighted by atomic mass is 10.1. The lowest BCUT2D eigenvalue weighted by molar-refractivity contribution is 0.796. The summed E-state index contributed by atoms with van der Waals surface area (Å²) in [5.74, 6) is 0. The highest BCUT2D eigenvalue weighted by atomic mass is 15.0. The van der Waals surface area contributed by atoms with Crippen molar-refractivity contribution < 1.29 is 0 Å². The molecule has 3 heteroatoms. The third-order valence-electron chi connectivity index (χ3n) is 3.36. The quantitative estimate of drug-likeness (QED) is 0.742. The lowest BCUT2D eigenvalue weighted by Gasteiger charge is -1.99. The second-order valence-corrected chi connectivity index (χ2v) is 4.66. The fourth-order valence-electron chi connectivity index (χ4n) is 2.31. The minimum absolute atomic E-state index is 0.805. The van der Waals surface area contributed by atoms with Gasteiger partial charge in [-0.2, -0.15) is 0 Å². The Balaban J connectivity index is 1.80. The summed E-state index contributed by atoms with van der Waals surface area (Å²) in [5.41, 5.74) is 3.54. The van der Waals surface area contributed by atoms with Crippen LogP contribution in [-0.2, 0) is 13.5 Å². The van der Waals surface area contributed by atoms with Crippen molar-refractivity contribution in [1.29, 1.82) is 0 Å². The molecule has 0 saturated carbocycles. The molecule has 19 heavy (non-hydrogen) atoms. The molecule has 0 bridgehead atoms. The molecule has 2 aromatic heterocycles. The Kier molecular flexibility index (Phi) is 3.19. The van der Waals surface area contributed by atoms with Gasteiger partial charge >= 0.3 is 0 Å². The van der Waals surface area contributed by atoms with Crippen LogP contribution in [0.25, 0.3) is 10.9 Å². The largest absolute Gasteiger partial charge is 0.361 e. The molecule has 0 atom stereocenters. The van der Waals surface area contributed by atoms with E-state index in [4.69, 9.17) is 0 Å². The Labute approximate surface area is 112 Å². The number of nitrogens with one attached hydrogen (secondary N) is 1. The van der Waals surface area contributed by atoms with Crippen LogP contribution < -0.4 is 5.49 Å². The summed E-state index contributed by atoms with van der Waals surface area (Å²) in [7, 11) is 2.02. The van der Waals surface area contributed by atoms with Crippen molar-refractivity contribution in [3.8, 4) is 0 Å². The third kappa shape index (κ3) is 2.45. The van der Waals surface area contributed by atoms with Gasteiger partial charge < -0.3 is 9.55 Å². The first kappa shape index (κ1) is 11.8. The minimum atomic E-state index is 0.805. The molecule has 0 radical (unpaired) electrons. The normalized spacial score (nSPS) is 12.2. The van der Waals surface area contributed by atoms with Crippen LogP contribution in [0.1, 0.15) is 5.56 Å². The molecular formula is C16H17N3. The highest BCUT2D eigenvalue weighted by molar-refractivity contribution is 5.83. The van der Waals surface area contributed by atoms with Crippen molar-refractivity contribution in [2.24, 2.45) is 12.0 Å². The van der Waals surface area contributed by atoms with E-state index in [-0.39, 0.29) is 0 Å². The monoisotopic (exact) mass is 251 g/mol. The molecule has 0 aliphatic heterocycles. The zero-order valence-corrected chi connectivity index (χ0v) is 11.0. The zero-order chi connectivity index (χ0) is 13.1. The van der Waals surface area contributed by atoms with Gasteiger partial charge in [0.15, 0.2) is 0 Å². The minimum Gasteiger partial charge on any atom is -0.361 e. The third-order valence-corrected chi connectivity index (χ3v) is 3.36. The van der Waals surface area contributed by atoms with Crippen molar-refractivity contribution in [2.45, 2.75) is 6.42 Å². The number of para-hydroxylation sites is 1. The number of nitrogens with zero attached hydrogens (tertiary/aromatic N) is 2.